The number of hydrogen-bond acceptors (Lipinski definition) is 3. The van der Waals surface area contributed by atoms with E-state index in [0.29, 0.717) is 16.3 Å². The normalized spacial score (nSPS) is 12.2. The summed E-state index contributed by atoms with van der Waals surface area (Å²) >= 11 is 5.68. The molecule has 0 radical (unpaired) electrons. The van der Waals surface area contributed by atoms with Crippen LogP contribution in [0.4, 0.5) is 10.1 Å². The summed E-state index contributed by atoms with van der Waals surface area (Å²) in [5.74, 6) is -0.538. The van der Waals surface area contributed by atoms with E-state index >= 15 is 0 Å². The minimum atomic E-state index is -0.455. The van der Waals surface area contributed by atoms with Crippen LogP contribution in [0.25, 0.3) is 0 Å². The van der Waals surface area contributed by atoms with Crippen molar-refractivity contribution in [2.45, 2.75) is 13.0 Å². The Morgan fingerprint density at radius 1 is 1.11 bits per heavy atom. The van der Waals surface area contributed by atoms with Crippen molar-refractivity contribution in [3.05, 3.63) is 52.8 Å². The van der Waals surface area contributed by atoms with E-state index in [1.165, 1.54) is 30.3 Å². The molecule has 0 heterocycles. The zero-order chi connectivity index (χ0) is 14.0. The number of rotatable bonds is 3. The first kappa shape index (κ1) is 13.5. The van der Waals surface area contributed by atoms with E-state index in [2.05, 4.69) is 5.32 Å². The first-order valence-electron chi connectivity index (χ1n) is 5.70. The minimum absolute atomic E-state index is 0.0415. The number of anilines is 1. The first-order valence-corrected chi connectivity index (χ1v) is 6.08. The highest BCUT2D eigenvalue weighted by molar-refractivity contribution is 6.30. The summed E-state index contributed by atoms with van der Waals surface area (Å²) < 4.78 is 13.6. The van der Waals surface area contributed by atoms with Crippen molar-refractivity contribution in [2.75, 3.05) is 5.32 Å². The van der Waals surface area contributed by atoms with Gasteiger partial charge >= 0.3 is 0 Å². The lowest BCUT2D eigenvalue weighted by Gasteiger charge is -2.17. The second kappa shape index (κ2) is 5.36. The zero-order valence-corrected chi connectivity index (χ0v) is 10.9. The van der Waals surface area contributed by atoms with Crippen LogP contribution in [0.2, 0.25) is 5.02 Å². The number of phenolic OH excluding ortho intramolecular Hbond substituents is 2. The molecule has 1 unspecified atom stereocenters. The molecule has 100 valence electrons. The van der Waals surface area contributed by atoms with Gasteiger partial charge in [-0.2, -0.15) is 0 Å². The fourth-order valence-electron chi connectivity index (χ4n) is 1.79. The fraction of sp³-hybridized carbons (Fsp3) is 0.143. The Bertz CT molecular complexity index is 584. The molecule has 0 bridgehead atoms. The van der Waals surface area contributed by atoms with E-state index in [4.69, 9.17) is 11.6 Å². The van der Waals surface area contributed by atoms with Crippen molar-refractivity contribution in [3.63, 3.8) is 0 Å². The number of hydrogen-bond donors (Lipinski definition) is 3. The van der Waals surface area contributed by atoms with Gasteiger partial charge in [-0.25, -0.2) is 4.39 Å². The monoisotopic (exact) mass is 281 g/mol. The topological polar surface area (TPSA) is 52.5 Å². The van der Waals surface area contributed by atoms with Crippen LogP contribution in [0.15, 0.2) is 36.4 Å². The van der Waals surface area contributed by atoms with Crippen molar-refractivity contribution in [3.8, 4) is 11.5 Å². The Hall–Kier alpha value is -1.94. The number of nitrogens with one attached hydrogen (secondary N) is 1. The van der Waals surface area contributed by atoms with Gasteiger partial charge in [-0.15, -0.1) is 0 Å². The largest absolute Gasteiger partial charge is 0.508 e. The molecule has 5 heteroatoms. The molecule has 0 fully saturated rings. The molecular weight excluding hydrogens is 269 g/mol. The van der Waals surface area contributed by atoms with Crippen LogP contribution in [-0.4, -0.2) is 10.2 Å². The molecule has 2 aromatic rings. The van der Waals surface area contributed by atoms with E-state index in [9.17, 15) is 14.6 Å². The van der Waals surface area contributed by atoms with Crippen LogP contribution < -0.4 is 5.32 Å². The fourth-order valence-corrected chi connectivity index (χ4v) is 1.95. The molecule has 0 aliphatic rings. The third-order valence-electron chi connectivity index (χ3n) is 2.73. The van der Waals surface area contributed by atoms with Gasteiger partial charge in [0.1, 0.15) is 17.3 Å². The molecule has 0 spiro atoms. The quantitative estimate of drug-likeness (QED) is 0.795. The van der Waals surface area contributed by atoms with Gasteiger partial charge in [0, 0.05) is 17.1 Å². The summed E-state index contributed by atoms with van der Waals surface area (Å²) in [6, 6.07) is 8.30. The molecule has 0 saturated heterocycles. The first-order chi connectivity index (χ1) is 8.95. The van der Waals surface area contributed by atoms with Gasteiger partial charge in [0.25, 0.3) is 0 Å². The van der Waals surface area contributed by atoms with Gasteiger partial charge in [0.15, 0.2) is 0 Å². The lowest BCUT2D eigenvalue weighted by atomic mass is 10.1. The van der Waals surface area contributed by atoms with Gasteiger partial charge in [0.2, 0.25) is 0 Å². The van der Waals surface area contributed by atoms with Crippen LogP contribution >= 0.6 is 11.6 Å². The molecule has 0 amide bonds. The van der Waals surface area contributed by atoms with E-state index in [1.807, 2.05) is 0 Å². The Kier molecular flexibility index (Phi) is 3.81. The average Bonchev–Trinajstić information content (AvgIpc) is 2.31. The summed E-state index contributed by atoms with van der Waals surface area (Å²) in [6.45, 7) is 1.79. The average molecular weight is 282 g/mol. The van der Waals surface area contributed by atoms with Crippen LogP contribution in [0.3, 0.4) is 0 Å². The highest BCUT2D eigenvalue weighted by Crippen LogP contribution is 2.28. The highest BCUT2D eigenvalue weighted by Gasteiger charge is 2.10. The van der Waals surface area contributed by atoms with Crippen LogP contribution in [0.1, 0.15) is 18.5 Å². The molecule has 2 aromatic carbocycles. The van der Waals surface area contributed by atoms with Crippen molar-refractivity contribution in [1.29, 1.82) is 0 Å². The van der Waals surface area contributed by atoms with Crippen LogP contribution in [0.5, 0.6) is 11.5 Å². The molecule has 3 N–H and O–H groups in total. The summed E-state index contributed by atoms with van der Waals surface area (Å²) in [5, 5.41) is 22.1. The van der Waals surface area contributed by atoms with E-state index in [-0.39, 0.29) is 17.5 Å². The third kappa shape index (κ3) is 3.29. The number of halogens is 2. The van der Waals surface area contributed by atoms with Gasteiger partial charge in [0.05, 0.1) is 5.69 Å². The summed E-state index contributed by atoms with van der Waals surface area (Å²) in [7, 11) is 0. The smallest absolute Gasteiger partial charge is 0.147 e. The molecule has 1 atom stereocenters. The highest BCUT2D eigenvalue weighted by atomic mass is 35.5. The maximum Gasteiger partial charge on any atom is 0.147 e. The van der Waals surface area contributed by atoms with Crippen molar-refractivity contribution < 1.29 is 14.6 Å². The van der Waals surface area contributed by atoms with E-state index in [0.717, 1.165) is 0 Å². The van der Waals surface area contributed by atoms with Crippen LogP contribution in [0, 0.1) is 5.82 Å². The molecule has 19 heavy (non-hydrogen) atoms. The van der Waals surface area contributed by atoms with Crippen molar-refractivity contribution in [2.24, 2.45) is 0 Å². The summed E-state index contributed by atoms with van der Waals surface area (Å²) in [5.41, 5.74) is 0.951. The van der Waals surface area contributed by atoms with Gasteiger partial charge in [-0.3, -0.25) is 0 Å². The van der Waals surface area contributed by atoms with Gasteiger partial charge in [-0.1, -0.05) is 11.6 Å². The summed E-state index contributed by atoms with van der Waals surface area (Å²) in [4.78, 5) is 0. The Labute approximate surface area is 115 Å². The predicted molar refractivity (Wildman–Crippen MR) is 73.2 cm³/mol. The SMILES string of the molecule is CC(Nc1ccc(Cl)cc1F)c1cc(O)cc(O)c1. The number of aromatic hydroxyl groups is 2. The van der Waals surface area contributed by atoms with Crippen LogP contribution in [-0.2, 0) is 0 Å². The summed E-state index contributed by atoms with van der Waals surface area (Å²) in [6.07, 6.45) is 0. The standard InChI is InChI=1S/C14H13ClFNO2/c1-8(9-4-11(18)7-12(19)5-9)17-14-3-2-10(15)6-13(14)16/h2-8,17-19H,1H3. The van der Waals surface area contributed by atoms with Crippen molar-refractivity contribution in [1.82, 2.24) is 0 Å². The second-order valence-electron chi connectivity index (χ2n) is 4.27. The lowest BCUT2D eigenvalue weighted by molar-refractivity contribution is 0.448. The number of phenols is 2. The second-order valence-corrected chi connectivity index (χ2v) is 4.71. The maximum absolute atomic E-state index is 13.6. The third-order valence-corrected chi connectivity index (χ3v) is 2.96. The molecule has 2 rings (SSSR count). The van der Waals surface area contributed by atoms with Gasteiger partial charge in [-0.05, 0) is 42.8 Å². The molecule has 0 aliphatic carbocycles. The molecular formula is C14H13ClFNO2. The van der Waals surface area contributed by atoms with Crippen molar-refractivity contribution >= 4 is 17.3 Å². The zero-order valence-electron chi connectivity index (χ0n) is 10.2. The Morgan fingerprint density at radius 2 is 1.74 bits per heavy atom. The Balaban J connectivity index is 2.22. The Morgan fingerprint density at radius 3 is 2.32 bits per heavy atom. The predicted octanol–water partition coefficient (Wildman–Crippen LogP) is 4.06. The molecule has 0 saturated carbocycles. The maximum atomic E-state index is 13.6. The molecule has 0 aromatic heterocycles. The van der Waals surface area contributed by atoms with Gasteiger partial charge < -0.3 is 15.5 Å². The van der Waals surface area contributed by atoms with E-state index in [1.54, 1.807) is 13.0 Å². The minimum Gasteiger partial charge on any atom is -0.508 e. The molecule has 0 aliphatic heterocycles. The molecule has 3 nitrogen and oxygen atoms in total. The van der Waals surface area contributed by atoms with E-state index < -0.39 is 5.82 Å². The lowest BCUT2D eigenvalue weighted by Crippen LogP contribution is -2.07. The number of benzene rings is 2.